The Balaban J connectivity index is 1.46. The van der Waals surface area contributed by atoms with Crippen molar-refractivity contribution in [2.45, 2.75) is 32.4 Å². The maximum Gasteiger partial charge on any atom is 0.219 e. The van der Waals surface area contributed by atoms with Gasteiger partial charge in [0, 0.05) is 85.8 Å². The molecule has 164 valence electrons. The van der Waals surface area contributed by atoms with Gasteiger partial charge in [-0.3, -0.25) is 14.2 Å². The largest absolute Gasteiger partial charge is 0.379 e. The van der Waals surface area contributed by atoms with Crippen LogP contribution >= 0.6 is 0 Å². The third-order valence-corrected chi connectivity index (χ3v) is 6.76. The Bertz CT molecular complexity index is 1320. The van der Waals surface area contributed by atoms with Crippen LogP contribution in [0.25, 0.3) is 33.3 Å². The zero-order valence-corrected chi connectivity index (χ0v) is 18.3. The number of carbonyl (C=O) groups excluding carboxylic acids is 1. The molecule has 3 aromatic heterocycles. The van der Waals surface area contributed by atoms with E-state index < -0.39 is 0 Å². The van der Waals surface area contributed by atoms with Gasteiger partial charge < -0.3 is 14.6 Å². The Kier molecular flexibility index (Phi) is 4.43. The standard InChI is InChI=1S/C24H26N6O2/c1-15(31)29-7-5-23-21(13-29)24(27-30(23)18-6-8-32-14-18)20-11-25-22-9-16(3-4-19(20)22)17-10-26-28(2)12-17/h3-4,9-12,18,25H,5-8,13-14H2,1-2H3. The van der Waals surface area contributed by atoms with E-state index >= 15 is 0 Å². The van der Waals surface area contributed by atoms with Gasteiger partial charge >= 0.3 is 0 Å². The molecule has 1 fully saturated rings. The first-order chi connectivity index (χ1) is 15.6. The van der Waals surface area contributed by atoms with E-state index in [-0.39, 0.29) is 11.9 Å². The molecule has 1 atom stereocenters. The van der Waals surface area contributed by atoms with Crippen LogP contribution < -0.4 is 0 Å². The average Bonchev–Trinajstić information content (AvgIpc) is 3.58. The van der Waals surface area contributed by atoms with E-state index in [2.05, 4.69) is 33.0 Å². The highest BCUT2D eigenvalue weighted by molar-refractivity contribution is 5.97. The summed E-state index contributed by atoms with van der Waals surface area (Å²) in [7, 11) is 1.92. The molecule has 1 aromatic carbocycles. The molecule has 8 heteroatoms. The number of aromatic amines is 1. The molecule has 6 rings (SSSR count). The molecule has 4 aromatic rings. The summed E-state index contributed by atoms with van der Waals surface area (Å²) in [5.41, 5.74) is 7.73. The zero-order valence-electron chi connectivity index (χ0n) is 18.3. The number of aryl methyl sites for hydroxylation is 1. The first-order valence-electron chi connectivity index (χ1n) is 11.1. The quantitative estimate of drug-likeness (QED) is 0.541. The summed E-state index contributed by atoms with van der Waals surface area (Å²) in [6.45, 7) is 4.47. The number of ether oxygens (including phenoxy) is 1. The van der Waals surface area contributed by atoms with Crippen LogP contribution in [0.4, 0.5) is 0 Å². The first-order valence-corrected chi connectivity index (χ1v) is 11.1. The average molecular weight is 431 g/mol. The number of nitrogens with one attached hydrogen (secondary N) is 1. The van der Waals surface area contributed by atoms with Crippen LogP contribution in [0.15, 0.2) is 36.8 Å². The maximum absolute atomic E-state index is 12.1. The Labute approximate surface area is 185 Å². The summed E-state index contributed by atoms with van der Waals surface area (Å²) < 4.78 is 9.64. The molecule has 8 nitrogen and oxygen atoms in total. The first kappa shape index (κ1) is 19.3. The minimum absolute atomic E-state index is 0.110. The number of nitrogens with zero attached hydrogens (tertiary/aromatic N) is 5. The van der Waals surface area contributed by atoms with Crippen molar-refractivity contribution in [2.75, 3.05) is 19.8 Å². The van der Waals surface area contributed by atoms with Crippen molar-refractivity contribution in [1.82, 2.24) is 29.4 Å². The molecule has 32 heavy (non-hydrogen) atoms. The van der Waals surface area contributed by atoms with Gasteiger partial charge in [0.05, 0.1) is 24.5 Å². The molecular weight excluding hydrogens is 404 g/mol. The van der Waals surface area contributed by atoms with Crippen LogP contribution in [-0.4, -0.2) is 55.1 Å². The predicted molar refractivity (Wildman–Crippen MR) is 121 cm³/mol. The fourth-order valence-corrected chi connectivity index (χ4v) is 5.02. The van der Waals surface area contributed by atoms with Crippen molar-refractivity contribution in [3.63, 3.8) is 0 Å². The molecular formula is C24H26N6O2. The third kappa shape index (κ3) is 3.05. The number of benzene rings is 1. The molecule has 0 bridgehead atoms. The number of fused-ring (bicyclic) bond motifs is 2. The van der Waals surface area contributed by atoms with Crippen LogP contribution in [0.5, 0.6) is 0 Å². The third-order valence-electron chi connectivity index (χ3n) is 6.76. The lowest BCUT2D eigenvalue weighted by atomic mass is 9.99. The lowest BCUT2D eigenvalue weighted by molar-refractivity contribution is -0.129. The maximum atomic E-state index is 12.1. The molecule has 2 aliphatic heterocycles. The number of hydrogen-bond acceptors (Lipinski definition) is 4. The summed E-state index contributed by atoms with van der Waals surface area (Å²) >= 11 is 0. The molecule has 2 aliphatic rings. The van der Waals surface area contributed by atoms with Crippen molar-refractivity contribution in [2.24, 2.45) is 7.05 Å². The summed E-state index contributed by atoms with van der Waals surface area (Å²) in [4.78, 5) is 17.5. The van der Waals surface area contributed by atoms with Crippen LogP contribution in [0.1, 0.15) is 30.6 Å². The molecule has 5 heterocycles. The van der Waals surface area contributed by atoms with Gasteiger partial charge in [-0.05, 0) is 18.1 Å². The van der Waals surface area contributed by atoms with E-state index in [1.54, 1.807) is 6.92 Å². The van der Waals surface area contributed by atoms with E-state index in [1.807, 2.05) is 35.2 Å². The van der Waals surface area contributed by atoms with Gasteiger partial charge in [-0.2, -0.15) is 10.2 Å². The smallest absolute Gasteiger partial charge is 0.219 e. The Morgan fingerprint density at radius 1 is 1.28 bits per heavy atom. The number of aromatic nitrogens is 5. The lowest BCUT2D eigenvalue weighted by Gasteiger charge is -2.27. The van der Waals surface area contributed by atoms with Gasteiger partial charge in [0.15, 0.2) is 0 Å². The number of carbonyl (C=O) groups is 1. The predicted octanol–water partition coefficient (Wildman–Crippen LogP) is 3.30. The summed E-state index contributed by atoms with van der Waals surface area (Å²) in [5, 5.41) is 10.5. The topological polar surface area (TPSA) is 81.0 Å². The van der Waals surface area contributed by atoms with E-state index in [1.165, 1.54) is 5.69 Å². The second kappa shape index (κ2) is 7.34. The lowest BCUT2D eigenvalue weighted by Crippen LogP contribution is -2.35. The molecule has 0 aliphatic carbocycles. The highest BCUT2D eigenvalue weighted by Crippen LogP contribution is 2.37. The molecule has 0 spiro atoms. The fourth-order valence-electron chi connectivity index (χ4n) is 5.02. The van der Waals surface area contributed by atoms with Crippen molar-refractivity contribution in [3.05, 3.63) is 48.0 Å². The number of H-pyrrole nitrogens is 1. The molecule has 1 amide bonds. The number of hydrogen-bond donors (Lipinski definition) is 1. The Morgan fingerprint density at radius 3 is 2.94 bits per heavy atom. The van der Waals surface area contributed by atoms with Gasteiger partial charge in [-0.25, -0.2) is 0 Å². The van der Waals surface area contributed by atoms with Crippen LogP contribution in [0.3, 0.4) is 0 Å². The molecule has 1 saturated heterocycles. The minimum Gasteiger partial charge on any atom is -0.379 e. The Morgan fingerprint density at radius 2 is 2.19 bits per heavy atom. The highest BCUT2D eigenvalue weighted by atomic mass is 16.5. The number of rotatable bonds is 3. The Hall–Kier alpha value is -3.39. The van der Waals surface area contributed by atoms with Crippen LogP contribution in [-0.2, 0) is 29.5 Å². The molecule has 0 radical (unpaired) electrons. The van der Waals surface area contributed by atoms with Gasteiger partial charge in [0.25, 0.3) is 0 Å². The van der Waals surface area contributed by atoms with Crippen molar-refractivity contribution in [1.29, 1.82) is 0 Å². The normalized spacial score (nSPS) is 18.4. The summed E-state index contributed by atoms with van der Waals surface area (Å²) in [6.07, 6.45) is 7.74. The fraction of sp³-hybridized carbons (Fsp3) is 0.375. The van der Waals surface area contributed by atoms with E-state index in [0.29, 0.717) is 13.2 Å². The molecule has 1 N–H and O–H groups in total. The van der Waals surface area contributed by atoms with Crippen LogP contribution in [0, 0.1) is 0 Å². The monoisotopic (exact) mass is 430 g/mol. The molecule has 0 saturated carbocycles. The minimum atomic E-state index is 0.110. The van der Waals surface area contributed by atoms with Gasteiger partial charge in [-0.15, -0.1) is 0 Å². The summed E-state index contributed by atoms with van der Waals surface area (Å²) in [6, 6.07) is 6.71. The van der Waals surface area contributed by atoms with E-state index in [4.69, 9.17) is 9.84 Å². The van der Waals surface area contributed by atoms with Crippen LogP contribution in [0.2, 0.25) is 0 Å². The van der Waals surface area contributed by atoms with Crippen molar-refractivity contribution in [3.8, 4) is 22.4 Å². The second-order valence-corrected chi connectivity index (χ2v) is 8.79. The van der Waals surface area contributed by atoms with Crippen molar-refractivity contribution >= 4 is 16.8 Å². The zero-order chi connectivity index (χ0) is 21.8. The molecule has 1 unspecified atom stereocenters. The van der Waals surface area contributed by atoms with Gasteiger partial charge in [0.2, 0.25) is 5.91 Å². The van der Waals surface area contributed by atoms with Crippen molar-refractivity contribution < 1.29 is 9.53 Å². The van der Waals surface area contributed by atoms with Gasteiger partial charge in [-0.1, -0.05) is 12.1 Å². The SMILES string of the molecule is CC(=O)N1CCc2c(c(-c3c[nH]c4cc(-c5cnn(C)c5)ccc34)nn2C2CCOC2)C1. The second-order valence-electron chi connectivity index (χ2n) is 8.79. The van der Waals surface area contributed by atoms with E-state index in [9.17, 15) is 4.79 Å². The number of amides is 1. The highest BCUT2D eigenvalue weighted by Gasteiger charge is 2.31. The van der Waals surface area contributed by atoms with E-state index in [0.717, 1.165) is 64.8 Å². The summed E-state index contributed by atoms with van der Waals surface area (Å²) in [5.74, 6) is 0.110. The van der Waals surface area contributed by atoms with Gasteiger partial charge in [0.1, 0.15) is 0 Å².